The van der Waals surface area contributed by atoms with Gasteiger partial charge in [0.25, 0.3) is 0 Å². The number of likely N-dealkylation sites (tertiary alicyclic amines) is 1. The predicted octanol–water partition coefficient (Wildman–Crippen LogP) is 1.43. The molecule has 1 unspecified atom stereocenters. The molecule has 0 aliphatic carbocycles. The van der Waals surface area contributed by atoms with E-state index in [1.165, 1.54) is 11.3 Å². The van der Waals surface area contributed by atoms with Gasteiger partial charge in [0.15, 0.2) is 0 Å². The molecular weight excluding hydrogens is 284 g/mol. The van der Waals surface area contributed by atoms with E-state index in [0.29, 0.717) is 6.54 Å². The van der Waals surface area contributed by atoms with Crippen molar-refractivity contribution < 1.29 is 13.2 Å². The molecule has 5 nitrogen and oxygen atoms in total. The fourth-order valence-electron chi connectivity index (χ4n) is 2.13. The zero-order chi connectivity index (χ0) is 14.3. The van der Waals surface area contributed by atoms with Crippen LogP contribution in [0, 0.1) is 0 Å². The summed E-state index contributed by atoms with van der Waals surface area (Å²) in [5.74, 6) is -0.00798. The van der Waals surface area contributed by atoms with Gasteiger partial charge >= 0.3 is 0 Å². The number of amides is 1. The molecule has 1 aromatic rings. The Balaban J connectivity index is 2.09. The van der Waals surface area contributed by atoms with Crippen molar-refractivity contribution in [1.82, 2.24) is 9.62 Å². The van der Waals surface area contributed by atoms with Crippen LogP contribution in [-0.4, -0.2) is 37.4 Å². The van der Waals surface area contributed by atoms with E-state index in [1.807, 2.05) is 20.8 Å². The van der Waals surface area contributed by atoms with Crippen LogP contribution in [0.15, 0.2) is 21.7 Å². The summed E-state index contributed by atoms with van der Waals surface area (Å²) < 4.78 is 27.1. The quantitative estimate of drug-likeness (QED) is 0.918. The molecule has 0 bridgehead atoms. The molecule has 7 heteroatoms. The fraction of sp³-hybridized carbons (Fsp3) is 0.583. The highest BCUT2D eigenvalue weighted by molar-refractivity contribution is 7.91. The summed E-state index contributed by atoms with van der Waals surface area (Å²) in [7, 11) is -3.50. The van der Waals surface area contributed by atoms with Gasteiger partial charge in [0, 0.05) is 24.5 Å². The van der Waals surface area contributed by atoms with Crippen molar-refractivity contribution in [3.05, 3.63) is 17.5 Å². The van der Waals surface area contributed by atoms with Crippen LogP contribution < -0.4 is 4.72 Å². The molecule has 1 aliphatic heterocycles. The van der Waals surface area contributed by atoms with Gasteiger partial charge in [-0.3, -0.25) is 4.79 Å². The highest BCUT2D eigenvalue weighted by Crippen LogP contribution is 2.23. The molecular formula is C12H18N2O3S2. The molecule has 2 heterocycles. The summed E-state index contributed by atoms with van der Waals surface area (Å²) >= 11 is 1.17. The standard InChI is InChI=1S/C12H18N2O3S2/c1-12(2,3)14-8-9(7-10(14)15)13-19(16,17)11-5-4-6-18-11/h4-6,9,13H,7-8H2,1-3H3. The highest BCUT2D eigenvalue weighted by Gasteiger charge is 2.38. The van der Waals surface area contributed by atoms with Crippen LogP contribution >= 0.6 is 11.3 Å². The number of hydrogen-bond donors (Lipinski definition) is 1. The van der Waals surface area contributed by atoms with E-state index >= 15 is 0 Å². The third-order valence-electron chi connectivity index (χ3n) is 3.02. The first-order valence-electron chi connectivity index (χ1n) is 6.06. The molecule has 1 fully saturated rings. The minimum atomic E-state index is -3.50. The van der Waals surface area contributed by atoms with Gasteiger partial charge in [-0.1, -0.05) is 6.07 Å². The fourth-order valence-corrected chi connectivity index (χ4v) is 4.37. The van der Waals surface area contributed by atoms with Gasteiger partial charge in [-0.2, -0.15) is 0 Å². The summed E-state index contributed by atoms with van der Waals surface area (Å²) in [4.78, 5) is 13.6. The number of hydrogen-bond acceptors (Lipinski definition) is 4. The van der Waals surface area contributed by atoms with Crippen molar-refractivity contribution in [1.29, 1.82) is 0 Å². The van der Waals surface area contributed by atoms with Crippen LogP contribution in [0.5, 0.6) is 0 Å². The predicted molar refractivity (Wildman–Crippen MR) is 74.5 cm³/mol. The van der Waals surface area contributed by atoms with Crippen molar-refractivity contribution in [2.45, 2.75) is 43.0 Å². The molecule has 2 rings (SSSR count). The molecule has 1 aliphatic rings. The molecule has 106 valence electrons. The van der Waals surface area contributed by atoms with Crippen molar-refractivity contribution in [3.8, 4) is 0 Å². The summed E-state index contributed by atoms with van der Waals surface area (Å²) in [6, 6.07) is 2.91. The molecule has 1 atom stereocenters. The van der Waals surface area contributed by atoms with E-state index in [9.17, 15) is 13.2 Å². The molecule has 0 saturated carbocycles. The van der Waals surface area contributed by atoms with Crippen LogP contribution in [0.3, 0.4) is 0 Å². The molecule has 1 amide bonds. The molecule has 1 saturated heterocycles. The first-order chi connectivity index (χ1) is 8.70. The number of sulfonamides is 1. The average molecular weight is 302 g/mol. The van der Waals surface area contributed by atoms with Gasteiger partial charge in [-0.05, 0) is 32.2 Å². The molecule has 19 heavy (non-hydrogen) atoms. The number of nitrogens with one attached hydrogen (secondary N) is 1. The molecule has 1 N–H and O–H groups in total. The lowest BCUT2D eigenvalue weighted by atomic mass is 10.1. The normalized spacial score (nSPS) is 21.1. The molecule has 0 spiro atoms. The van der Waals surface area contributed by atoms with Crippen LogP contribution in [0.1, 0.15) is 27.2 Å². The number of carbonyl (C=O) groups is 1. The second-order valence-corrected chi connectivity index (χ2v) is 8.52. The number of carbonyl (C=O) groups excluding carboxylic acids is 1. The third-order valence-corrected chi connectivity index (χ3v) is 5.93. The number of nitrogens with zero attached hydrogens (tertiary/aromatic N) is 1. The smallest absolute Gasteiger partial charge is 0.250 e. The monoisotopic (exact) mass is 302 g/mol. The van der Waals surface area contributed by atoms with Crippen LogP contribution in [-0.2, 0) is 14.8 Å². The van der Waals surface area contributed by atoms with Crippen molar-refractivity contribution in [2.75, 3.05) is 6.54 Å². The summed E-state index contributed by atoms with van der Waals surface area (Å²) in [6.07, 6.45) is 0.224. The Morgan fingerprint density at radius 3 is 2.58 bits per heavy atom. The second-order valence-electron chi connectivity index (χ2n) is 5.63. The Hall–Kier alpha value is -0.920. The number of thiophene rings is 1. The van der Waals surface area contributed by atoms with Gasteiger partial charge in [-0.15, -0.1) is 11.3 Å². The van der Waals surface area contributed by atoms with Crippen molar-refractivity contribution >= 4 is 27.3 Å². The lowest BCUT2D eigenvalue weighted by molar-refractivity contribution is -0.131. The van der Waals surface area contributed by atoms with Gasteiger partial charge in [-0.25, -0.2) is 13.1 Å². The van der Waals surface area contributed by atoms with Gasteiger partial charge in [0.1, 0.15) is 4.21 Å². The SMILES string of the molecule is CC(C)(C)N1CC(NS(=O)(=O)c2cccs2)CC1=O. The van der Waals surface area contributed by atoms with E-state index in [2.05, 4.69) is 4.72 Å². The minimum Gasteiger partial charge on any atom is -0.336 e. The van der Waals surface area contributed by atoms with Gasteiger partial charge in [0.2, 0.25) is 15.9 Å². The average Bonchev–Trinajstić information content (AvgIpc) is 2.85. The summed E-state index contributed by atoms with van der Waals surface area (Å²) in [5, 5.41) is 1.72. The maximum absolute atomic E-state index is 12.1. The zero-order valence-electron chi connectivity index (χ0n) is 11.2. The first-order valence-corrected chi connectivity index (χ1v) is 8.43. The van der Waals surface area contributed by atoms with Gasteiger partial charge in [0.05, 0.1) is 0 Å². The van der Waals surface area contributed by atoms with Crippen LogP contribution in [0.4, 0.5) is 0 Å². The van der Waals surface area contributed by atoms with E-state index in [4.69, 9.17) is 0 Å². The Labute approximate surface area is 117 Å². The topological polar surface area (TPSA) is 66.5 Å². The van der Waals surface area contributed by atoms with Crippen molar-refractivity contribution in [3.63, 3.8) is 0 Å². The minimum absolute atomic E-state index is 0.00798. The maximum atomic E-state index is 12.1. The maximum Gasteiger partial charge on any atom is 0.250 e. The highest BCUT2D eigenvalue weighted by atomic mass is 32.2. The van der Waals surface area contributed by atoms with E-state index < -0.39 is 10.0 Å². The van der Waals surface area contributed by atoms with Gasteiger partial charge < -0.3 is 4.90 Å². The third kappa shape index (κ3) is 3.16. The van der Waals surface area contributed by atoms with E-state index in [0.717, 1.165) is 0 Å². The van der Waals surface area contributed by atoms with E-state index in [-0.39, 0.29) is 28.1 Å². The lowest BCUT2D eigenvalue weighted by Gasteiger charge is -2.32. The Morgan fingerprint density at radius 2 is 2.11 bits per heavy atom. The first kappa shape index (κ1) is 14.5. The Bertz CT molecular complexity index is 558. The largest absolute Gasteiger partial charge is 0.336 e. The van der Waals surface area contributed by atoms with Crippen LogP contribution in [0.2, 0.25) is 0 Å². The summed E-state index contributed by atoms with van der Waals surface area (Å²) in [6.45, 7) is 6.26. The molecule has 0 aromatic carbocycles. The van der Waals surface area contributed by atoms with Crippen LogP contribution in [0.25, 0.3) is 0 Å². The second kappa shape index (κ2) is 4.88. The molecule has 0 radical (unpaired) electrons. The Kier molecular flexibility index (Phi) is 3.72. The molecule has 1 aromatic heterocycles. The van der Waals surface area contributed by atoms with E-state index in [1.54, 1.807) is 22.4 Å². The Morgan fingerprint density at radius 1 is 1.42 bits per heavy atom. The lowest BCUT2D eigenvalue weighted by Crippen LogP contribution is -2.44. The number of rotatable bonds is 3. The zero-order valence-corrected chi connectivity index (χ0v) is 12.8. The summed E-state index contributed by atoms with van der Waals surface area (Å²) in [5.41, 5.74) is -0.278. The van der Waals surface area contributed by atoms with Crippen molar-refractivity contribution in [2.24, 2.45) is 0 Å².